The van der Waals surface area contributed by atoms with Crippen LogP contribution in [0.15, 0.2) is 0 Å². The van der Waals surface area contributed by atoms with E-state index in [1.807, 2.05) is 0 Å². The Morgan fingerprint density at radius 1 is 0.957 bits per heavy atom. The molecule has 0 aliphatic heterocycles. The van der Waals surface area contributed by atoms with E-state index in [9.17, 15) is 16.8 Å². The monoisotopic (exact) mass is 389 g/mol. The van der Waals surface area contributed by atoms with Crippen LogP contribution >= 0.6 is 0 Å². The van der Waals surface area contributed by atoms with Crippen LogP contribution in [0.2, 0.25) is 0 Å². The van der Waals surface area contributed by atoms with Gasteiger partial charge in [0.1, 0.15) is 0 Å². The predicted molar refractivity (Wildman–Crippen MR) is 82.0 cm³/mol. The molecule has 0 radical (unpaired) electrons. The van der Waals surface area contributed by atoms with E-state index in [0.717, 1.165) is 33.7 Å². The van der Waals surface area contributed by atoms with Crippen LogP contribution in [-0.2, 0) is 29.2 Å². The average molecular weight is 389 g/mol. The fourth-order valence-corrected chi connectivity index (χ4v) is 0.300. The lowest BCUT2D eigenvalue weighted by atomic mass is 10.4. The molecule has 13 nitrogen and oxygen atoms in total. The molecule has 0 saturated heterocycles. The van der Waals surface area contributed by atoms with Crippen LogP contribution in [-0.4, -0.2) is 83.3 Å². The summed E-state index contributed by atoms with van der Waals surface area (Å²) in [6.45, 7) is 1.67. The van der Waals surface area contributed by atoms with Gasteiger partial charge in [-0.15, -0.1) is 0 Å². The molecule has 0 atom stereocenters. The minimum Gasteiger partial charge on any atom is -0.367 e. The van der Waals surface area contributed by atoms with Crippen molar-refractivity contribution >= 4 is 20.8 Å². The minimum atomic E-state index is -4.16. The molecule has 9 N–H and O–H groups in total. The third kappa shape index (κ3) is 74.0. The number of nitrogens with two attached hydrogens (primary N) is 2. The number of rotatable bonds is 6. The van der Waals surface area contributed by atoms with Gasteiger partial charge in [0.2, 0.25) is 0 Å². The van der Waals surface area contributed by atoms with Crippen molar-refractivity contribution in [2.75, 3.05) is 40.9 Å². The van der Waals surface area contributed by atoms with E-state index in [2.05, 4.69) is 13.7 Å². The van der Waals surface area contributed by atoms with Crippen molar-refractivity contribution in [3.05, 3.63) is 0 Å². The first kappa shape index (κ1) is 30.4. The second kappa shape index (κ2) is 19.6. The maximum Gasteiger partial charge on any atom is 0.397 e. The van der Waals surface area contributed by atoms with Gasteiger partial charge in [0.15, 0.2) is 6.29 Å². The molecule has 0 aromatic rings. The molecule has 0 aromatic heterocycles. The molecule has 0 aliphatic rings. The van der Waals surface area contributed by atoms with E-state index in [1.54, 1.807) is 7.05 Å². The largest absolute Gasteiger partial charge is 0.397 e. The van der Waals surface area contributed by atoms with E-state index in [-0.39, 0.29) is 6.54 Å². The highest BCUT2D eigenvalue weighted by molar-refractivity contribution is 7.81. The number of aliphatic hydroxyl groups excluding tert-OH is 1. The Labute approximate surface area is 136 Å². The Morgan fingerprint density at radius 2 is 1.22 bits per heavy atom. The van der Waals surface area contributed by atoms with Gasteiger partial charge >= 0.3 is 20.8 Å². The first-order chi connectivity index (χ1) is 10.3. The van der Waals surface area contributed by atoms with Gasteiger partial charge in [-0.1, -0.05) is 0 Å². The molecule has 0 amide bonds. The topological polar surface area (TPSA) is 232 Å². The number of likely N-dealkylation sites (N-methyl/N-ethyl adjacent to an activating group) is 1. The van der Waals surface area contributed by atoms with Gasteiger partial charge < -0.3 is 27.0 Å². The molecule has 0 saturated carbocycles. The summed E-state index contributed by atoms with van der Waals surface area (Å²) >= 11 is 0. The molecule has 0 aromatic carbocycles. The lowest BCUT2D eigenvalue weighted by Crippen LogP contribution is -2.22. The van der Waals surface area contributed by atoms with Gasteiger partial charge in [-0.05, 0) is 26.6 Å². The molecule has 0 heterocycles. The summed E-state index contributed by atoms with van der Waals surface area (Å²) in [4.78, 5) is 0. The molecule has 0 unspecified atom stereocenters. The Balaban J connectivity index is -0.000000105. The maximum atomic E-state index is 9.33. The second-order valence-electron chi connectivity index (χ2n) is 3.16. The van der Waals surface area contributed by atoms with Crippen LogP contribution in [0.5, 0.6) is 0 Å². The molecule has 23 heavy (non-hydrogen) atoms. The van der Waals surface area contributed by atoms with Crippen molar-refractivity contribution in [1.29, 1.82) is 0 Å². The highest BCUT2D eigenvalue weighted by Gasteiger charge is 1.94. The van der Waals surface area contributed by atoms with E-state index in [0.29, 0.717) is 0 Å². The summed E-state index contributed by atoms with van der Waals surface area (Å²) in [7, 11) is -4.93. The van der Waals surface area contributed by atoms with Crippen molar-refractivity contribution in [3.8, 4) is 0 Å². The molecular formula is C8H27N3O10S2. The van der Waals surface area contributed by atoms with Crippen molar-refractivity contribution < 1.29 is 44.5 Å². The van der Waals surface area contributed by atoms with Gasteiger partial charge in [-0.2, -0.15) is 16.8 Å². The SMILES string of the molecule is CNCC(O)O.COS(=O)(=O)O.COS(=O)(=O)O.NCCCN. The highest BCUT2D eigenvalue weighted by atomic mass is 32.3. The smallest absolute Gasteiger partial charge is 0.367 e. The van der Waals surface area contributed by atoms with Crippen molar-refractivity contribution in [1.82, 2.24) is 5.32 Å². The number of aliphatic hydroxyl groups is 2. The zero-order chi connectivity index (χ0) is 19.5. The predicted octanol–water partition coefficient (Wildman–Crippen LogP) is -3.32. The third-order valence-electron chi connectivity index (χ3n) is 1.22. The Bertz CT molecular complexity index is 378. The fourth-order valence-electron chi connectivity index (χ4n) is 0.300. The Morgan fingerprint density at radius 3 is 1.22 bits per heavy atom. The van der Waals surface area contributed by atoms with Crippen LogP contribution in [0.25, 0.3) is 0 Å². The summed E-state index contributed by atoms with van der Waals surface area (Å²) in [6, 6.07) is 0. The summed E-state index contributed by atoms with van der Waals surface area (Å²) < 4.78 is 59.4. The van der Waals surface area contributed by atoms with Gasteiger partial charge in [0, 0.05) is 6.54 Å². The van der Waals surface area contributed by atoms with Crippen LogP contribution in [0.1, 0.15) is 6.42 Å². The quantitative estimate of drug-likeness (QED) is 0.174. The van der Waals surface area contributed by atoms with Gasteiger partial charge in [0.05, 0.1) is 14.2 Å². The summed E-state index contributed by atoms with van der Waals surface area (Å²) in [6.07, 6.45) is -0.269. The Kier molecular flexibility index (Phi) is 25.9. The van der Waals surface area contributed by atoms with Crippen LogP contribution in [0, 0.1) is 0 Å². The molecule has 146 valence electrons. The molecule has 15 heteroatoms. The average Bonchev–Trinajstić information content (AvgIpc) is 2.40. The van der Waals surface area contributed by atoms with Crippen LogP contribution in [0.4, 0.5) is 0 Å². The molecule has 0 spiro atoms. The zero-order valence-electron chi connectivity index (χ0n) is 13.1. The first-order valence-electron chi connectivity index (χ1n) is 5.78. The van der Waals surface area contributed by atoms with Gasteiger partial charge in [0.25, 0.3) is 0 Å². The van der Waals surface area contributed by atoms with Crippen LogP contribution < -0.4 is 16.8 Å². The number of hydrogen-bond acceptors (Lipinski definition) is 11. The fraction of sp³-hybridized carbons (Fsp3) is 1.00. The second-order valence-corrected chi connectivity index (χ2v) is 5.54. The molecule has 0 rings (SSSR count). The summed E-state index contributed by atoms with van der Waals surface area (Å²) in [5.41, 5.74) is 10.1. The molecule has 0 fully saturated rings. The lowest BCUT2D eigenvalue weighted by Gasteiger charge is -1.97. The summed E-state index contributed by atoms with van der Waals surface area (Å²) in [5, 5.41) is 18.7. The lowest BCUT2D eigenvalue weighted by molar-refractivity contribution is -0.0359. The van der Waals surface area contributed by atoms with E-state index in [4.69, 9.17) is 30.8 Å². The highest BCUT2D eigenvalue weighted by Crippen LogP contribution is 1.75. The van der Waals surface area contributed by atoms with Crippen LogP contribution in [0.3, 0.4) is 0 Å². The molecule has 0 aliphatic carbocycles. The van der Waals surface area contributed by atoms with Crippen molar-refractivity contribution in [2.24, 2.45) is 11.5 Å². The summed E-state index contributed by atoms with van der Waals surface area (Å²) in [5.74, 6) is 0. The normalized spacial score (nSPS) is 10.5. The Hall–Kier alpha value is -0.460. The third-order valence-corrected chi connectivity index (χ3v) is 2.06. The maximum absolute atomic E-state index is 9.33. The number of hydrogen-bond donors (Lipinski definition) is 7. The standard InChI is InChI=1S/C3H10N2.C3H9NO2.2CH4O4S/c4-2-1-3-5;1-4-2-3(5)6;2*1-5-6(2,3)4/h1-5H2;3-6H,2H2,1H3;2*1H3,(H,2,3,4). The zero-order valence-corrected chi connectivity index (χ0v) is 14.7. The van der Waals surface area contributed by atoms with Crippen molar-refractivity contribution in [3.63, 3.8) is 0 Å². The van der Waals surface area contributed by atoms with E-state index >= 15 is 0 Å². The first-order valence-corrected chi connectivity index (χ1v) is 8.51. The minimum absolute atomic E-state index is 0.236. The van der Waals surface area contributed by atoms with E-state index in [1.165, 1.54) is 0 Å². The molecular weight excluding hydrogens is 362 g/mol. The van der Waals surface area contributed by atoms with Crippen molar-refractivity contribution in [2.45, 2.75) is 12.7 Å². The van der Waals surface area contributed by atoms with Gasteiger partial charge in [-0.3, -0.25) is 17.5 Å². The number of nitrogens with one attached hydrogen (secondary N) is 1. The van der Waals surface area contributed by atoms with E-state index < -0.39 is 27.1 Å². The van der Waals surface area contributed by atoms with Gasteiger partial charge in [-0.25, -0.2) is 0 Å². The molecule has 0 bridgehead atoms.